The second-order valence-electron chi connectivity index (χ2n) is 15.9. The van der Waals surface area contributed by atoms with Crippen molar-refractivity contribution in [3.8, 4) is 0 Å². The van der Waals surface area contributed by atoms with Gasteiger partial charge >= 0.3 is 0 Å². The minimum Gasteiger partial charge on any atom is -0.343 e. The van der Waals surface area contributed by atoms with Crippen molar-refractivity contribution in [1.82, 2.24) is 34.9 Å². The van der Waals surface area contributed by atoms with Gasteiger partial charge in [0.1, 0.15) is 0 Å². The van der Waals surface area contributed by atoms with Crippen LogP contribution in [-0.2, 0) is 35.3 Å². The lowest BCUT2D eigenvalue weighted by atomic mass is 9.92. The minimum absolute atomic E-state index is 0.0964. The normalized spacial score (nSPS) is 21.6. The van der Waals surface area contributed by atoms with Gasteiger partial charge in [0, 0.05) is 101 Å². The van der Waals surface area contributed by atoms with Crippen molar-refractivity contribution in [2.45, 2.75) is 64.0 Å². The van der Waals surface area contributed by atoms with Crippen LogP contribution in [-0.4, -0.2) is 107 Å². The van der Waals surface area contributed by atoms with E-state index < -0.39 is 0 Å². The molecule has 5 heterocycles. The van der Waals surface area contributed by atoms with E-state index in [-0.39, 0.29) is 23.9 Å². The number of carbonyl (C=O) groups is 2. The molecule has 5 aliphatic rings. The predicted molar refractivity (Wildman–Crippen MR) is 222 cm³/mol. The molecule has 3 fully saturated rings. The number of halogens is 2. The SMILES string of the molecule is CC(=O)N1CCC(CC(=O)N2CCN([C@@H]3c4ccc(Cl)cc4CCc4cccnc43)CC2)CC1.Clc1ccc2c(c1)CCc1cccnc1[C@@H]2N1CCNCC1. The molecule has 2 aromatic carbocycles. The number of rotatable bonds is 4. The molecule has 2 aromatic heterocycles. The maximum atomic E-state index is 13.1. The summed E-state index contributed by atoms with van der Waals surface area (Å²) in [7, 11) is 0. The molecule has 2 amide bonds. The number of piperazine rings is 2. The first kappa shape index (κ1) is 39.0. The molecule has 0 bridgehead atoms. The van der Waals surface area contributed by atoms with Crippen LogP contribution < -0.4 is 5.32 Å². The number of carbonyl (C=O) groups excluding carboxylic acids is 2. The summed E-state index contributed by atoms with van der Waals surface area (Å²) in [5.74, 6) is 0.780. The van der Waals surface area contributed by atoms with E-state index in [1.807, 2.05) is 40.4 Å². The Hall–Kier alpha value is -3.86. The lowest BCUT2D eigenvalue weighted by Gasteiger charge is -2.40. The van der Waals surface area contributed by atoms with E-state index in [1.54, 1.807) is 6.92 Å². The van der Waals surface area contributed by atoms with Gasteiger partial charge in [-0.25, -0.2) is 0 Å². The number of nitrogens with zero attached hydrogens (tertiary/aromatic N) is 6. The Morgan fingerprint density at radius 3 is 1.66 bits per heavy atom. The number of likely N-dealkylation sites (tertiary alicyclic amines) is 1. The van der Waals surface area contributed by atoms with Crippen LogP contribution in [0.5, 0.6) is 0 Å². The van der Waals surface area contributed by atoms with Crippen LogP contribution in [0.15, 0.2) is 73.1 Å². The first-order valence-corrected chi connectivity index (χ1v) is 21.2. The highest BCUT2D eigenvalue weighted by Crippen LogP contribution is 2.38. The molecule has 3 saturated heterocycles. The molecule has 0 radical (unpaired) electrons. The molecule has 56 heavy (non-hydrogen) atoms. The summed E-state index contributed by atoms with van der Waals surface area (Å²) in [5, 5.41) is 5.05. The number of piperidine rings is 1. The Labute approximate surface area is 341 Å². The number of pyridine rings is 2. The molecule has 9 rings (SSSR count). The van der Waals surface area contributed by atoms with Crippen molar-refractivity contribution >= 4 is 35.0 Å². The standard InChI is InChI=1S/C27H33ClN4O2.C18H20ClN3/c1-19(33)30-11-8-20(9-12-30)17-25(34)31-13-15-32(16-14-31)27-24-7-6-23(28)18-22(24)5-4-21-3-2-10-29-26(21)27;19-15-5-6-16-14(12-15)4-3-13-2-1-7-21-17(13)18(16)22-10-8-20-9-11-22/h2-3,6-7,10,18,20,27H,4-5,8-9,11-17H2,1H3;1-2,5-7,12,18,20H,3-4,8-11H2/t27-;18-/m11/s1. The van der Waals surface area contributed by atoms with E-state index in [0.717, 1.165) is 120 Å². The number of hydrogen-bond acceptors (Lipinski definition) is 7. The third kappa shape index (κ3) is 8.67. The predicted octanol–water partition coefficient (Wildman–Crippen LogP) is 6.54. The summed E-state index contributed by atoms with van der Waals surface area (Å²) in [6.45, 7) is 10.5. The molecule has 2 atom stereocenters. The van der Waals surface area contributed by atoms with E-state index in [1.165, 1.54) is 39.1 Å². The van der Waals surface area contributed by atoms with Crippen LogP contribution in [0.3, 0.4) is 0 Å². The van der Waals surface area contributed by atoms with Crippen molar-refractivity contribution in [3.63, 3.8) is 0 Å². The summed E-state index contributed by atoms with van der Waals surface area (Å²) >= 11 is 12.6. The third-order valence-electron chi connectivity index (χ3n) is 12.6. The average molecular weight is 795 g/mol. The maximum Gasteiger partial charge on any atom is 0.222 e. The van der Waals surface area contributed by atoms with Crippen LogP contribution in [0, 0.1) is 5.92 Å². The molecule has 1 N–H and O–H groups in total. The number of benzene rings is 2. The number of nitrogens with one attached hydrogen (secondary N) is 1. The number of aryl methyl sites for hydroxylation is 4. The molecule has 0 saturated carbocycles. The van der Waals surface area contributed by atoms with Gasteiger partial charge in [0.25, 0.3) is 0 Å². The van der Waals surface area contributed by atoms with Gasteiger partial charge in [0.2, 0.25) is 11.8 Å². The van der Waals surface area contributed by atoms with Gasteiger partial charge in [-0.2, -0.15) is 0 Å². The Bertz CT molecular complexity index is 2020. The molecule has 9 nitrogen and oxygen atoms in total. The fraction of sp³-hybridized carbons (Fsp3) is 0.467. The second-order valence-corrected chi connectivity index (χ2v) is 16.8. The fourth-order valence-electron chi connectivity index (χ4n) is 9.50. The van der Waals surface area contributed by atoms with E-state index in [2.05, 4.69) is 57.6 Å². The van der Waals surface area contributed by atoms with Gasteiger partial charge in [-0.1, -0.05) is 47.5 Å². The molecule has 294 valence electrons. The molecule has 2 aliphatic carbocycles. The average Bonchev–Trinajstić information content (AvgIpc) is 3.49. The number of aromatic nitrogens is 2. The first-order chi connectivity index (χ1) is 27.3. The largest absolute Gasteiger partial charge is 0.343 e. The fourth-order valence-corrected chi connectivity index (χ4v) is 9.89. The van der Waals surface area contributed by atoms with Gasteiger partial charge in [-0.05, 0) is 114 Å². The second kappa shape index (κ2) is 17.7. The van der Waals surface area contributed by atoms with Crippen LogP contribution in [0.4, 0.5) is 0 Å². The highest BCUT2D eigenvalue weighted by Gasteiger charge is 2.34. The Kier molecular flexibility index (Phi) is 12.3. The minimum atomic E-state index is 0.0964. The topological polar surface area (TPSA) is 84.9 Å². The van der Waals surface area contributed by atoms with Gasteiger partial charge in [0.05, 0.1) is 23.5 Å². The van der Waals surface area contributed by atoms with Crippen molar-refractivity contribution in [2.75, 3.05) is 65.4 Å². The van der Waals surface area contributed by atoms with Gasteiger partial charge in [-0.3, -0.25) is 29.4 Å². The quantitative estimate of drug-likeness (QED) is 0.251. The lowest BCUT2D eigenvalue weighted by molar-refractivity contribution is -0.135. The molecular weight excluding hydrogens is 741 g/mol. The van der Waals surface area contributed by atoms with Crippen LogP contribution in [0.25, 0.3) is 0 Å². The molecule has 4 aromatic rings. The summed E-state index contributed by atoms with van der Waals surface area (Å²) in [6, 6.07) is 21.5. The smallest absolute Gasteiger partial charge is 0.222 e. The van der Waals surface area contributed by atoms with E-state index in [0.29, 0.717) is 12.3 Å². The summed E-state index contributed by atoms with van der Waals surface area (Å²) < 4.78 is 0. The zero-order chi connectivity index (χ0) is 38.6. The van der Waals surface area contributed by atoms with Crippen LogP contribution >= 0.6 is 23.2 Å². The molecular formula is C45H53Cl2N7O2. The highest BCUT2D eigenvalue weighted by molar-refractivity contribution is 6.31. The highest BCUT2D eigenvalue weighted by atomic mass is 35.5. The van der Waals surface area contributed by atoms with Crippen molar-refractivity contribution in [3.05, 3.63) is 128 Å². The van der Waals surface area contributed by atoms with Crippen molar-refractivity contribution in [1.29, 1.82) is 0 Å². The molecule has 3 aliphatic heterocycles. The Morgan fingerprint density at radius 2 is 1.14 bits per heavy atom. The molecule has 11 heteroatoms. The number of hydrogen-bond donors (Lipinski definition) is 1. The summed E-state index contributed by atoms with van der Waals surface area (Å²) in [4.78, 5) is 43.2. The van der Waals surface area contributed by atoms with Crippen LogP contribution in [0.1, 0.15) is 83.0 Å². The Balaban J connectivity index is 0.000000172. The van der Waals surface area contributed by atoms with E-state index in [4.69, 9.17) is 33.2 Å². The summed E-state index contributed by atoms with van der Waals surface area (Å²) in [5.41, 5.74) is 10.4. The maximum absolute atomic E-state index is 13.1. The Morgan fingerprint density at radius 1 is 0.643 bits per heavy atom. The molecule has 0 spiro atoms. The van der Waals surface area contributed by atoms with E-state index >= 15 is 0 Å². The zero-order valence-electron chi connectivity index (χ0n) is 32.4. The number of amides is 2. The zero-order valence-corrected chi connectivity index (χ0v) is 33.9. The van der Waals surface area contributed by atoms with Gasteiger partial charge < -0.3 is 15.1 Å². The molecule has 0 unspecified atom stereocenters. The summed E-state index contributed by atoms with van der Waals surface area (Å²) in [6.07, 6.45) is 10.3. The van der Waals surface area contributed by atoms with E-state index in [9.17, 15) is 9.59 Å². The van der Waals surface area contributed by atoms with Crippen molar-refractivity contribution in [2.24, 2.45) is 5.92 Å². The van der Waals surface area contributed by atoms with Crippen molar-refractivity contribution < 1.29 is 9.59 Å². The van der Waals surface area contributed by atoms with Gasteiger partial charge in [0.15, 0.2) is 0 Å². The third-order valence-corrected chi connectivity index (χ3v) is 13.0. The van der Waals surface area contributed by atoms with Gasteiger partial charge in [-0.15, -0.1) is 0 Å². The first-order valence-electron chi connectivity index (χ1n) is 20.5. The number of fused-ring (bicyclic) bond motifs is 4. The lowest BCUT2D eigenvalue weighted by Crippen LogP contribution is -2.50. The monoisotopic (exact) mass is 793 g/mol. The van der Waals surface area contributed by atoms with Crippen LogP contribution in [0.2, 0.25) is 10.0 Å².